The van der Waals surface area contributed by atoms with E-state index in [0.717, 1.165) is 18.4 Å². The van der Waals surface area contributed by atoms with Gasteiger partial charge in [0.05, 0.1) is 12.0 Å². The van der Waals surface area contributed by atoms with Gasteiger partial charge in [0.25, 0.3) is 0 Å². The Morgan fingerprint density at radius 3 is 2.79 bits per heavy atom. The molecule has 3 atom stereocenters. The van der Waals surface area contributed by atoms with Gasteiger partial charge in [-0.2, -0.15) is 0 Å². The van der Waals surface area contributed by atoms with Gasteiger partial charge >= 0.3 is 0 Å². The molecule has 1 heterocycles. The Hall–Kier alpha value is -0.630. The summed E-state index contributed by atoms with van der Waals surface area (Å²) in [5.74, 6) is 0.495. The summed E-state index contributed by atoms with van der Waals surface area (Å²) in [6.07, 6.45) is 1.98. The minimum atomic E-state index is -0.584. The molecule has 0 amide bonds. The molecule has 0 spiro atoms. The maximum atomic E-state index is 12.2. The van der Waals surface area contributed by atoms with Crippen molar-refractivity contribution in [2.75, 3.05) is 6.61 Å². The first-order valence-electron chi connectivity index (χ1n) is 5.24. The number of Topliss-reactive ketones (excluding diaryl/α,β-unsaturated/α-hetero) is 1. The van der Waals surface area contributed by atoms with E-state index >= 15 is 0 Å². The second kappa shape index (κ2) is 2.69. The molecule has 2 fully saturated rings. The summed E-state index contributed by atoms with van der Waals surface area (Å²) in [5.41, 5.74) is 0.268. The van der Waals surface area contributed by atoms with E-state index in [2.05, 4.69) is 6.58 Å². The third kappa shape index (κ3) is 1.04. The summed E-state index contributed by atoms with van der Waals surface area (Å²) in [4.78, 5) is 12.2. The Labute approximate surface area is 85.3 Å². The first-order chi connectivity index (χ1) is 6.40. The van der Waals surface area contributed by atoms with Crippen LogP contribution in [0, 0.1) is 11.3 Å². The molecule has 1 aliphatic carbocycles. The van der Waals surface area contributed by atoms with Gasteiger partial charge in [-0.3, -0.25) is 4.79 Å². The molecule has 1 aliphatic heterocycles. The van der Waals surface area contributed by atoms with E-state index in [1.54, 1.807) is 0 Å². The molecule has 1 saturated heterocycles. The average Bonchev–Trinajstić information content (AvgIpc) is 2.29. The van der Waals surface area contributed by atoms with Crippen molar-refractivity contribution < 1.29 is 9.53 Å². The van der Waals surface area contributed by atoms with Gasteiger partial charge in [0.15, 0.2) is 5.78 Å². The van der Waals surface area contributed by atoms with Crippen LogP contribution in [0.5, 0.6) is 0 Å². The van der Waals surface area contributed by atoms with Crippen LogP contribution in [-0.2, 0) is 9.53 Å². The molecule has 0 aromatic carbocycles. The summed E-state index contributed by atoms with van der Waals surface area (Å²) in [6, 6.07) is 0. The maximum Gasteiger partial charge on any atom is 0.173 e. The molecule has 0 N–H and O–H groups in total. The zero-order valence-electron chi connectivity index (χ0n) is 9.22. The van der Waals surface area contributed by atoms with Crippen LogP contribution in [0.4, 0.5) is 0 Å². The summed E-state index contributed by atoms with van der Waals surface area (Å²) in [5, 5.41) is 0. The van der Waals surface area contributed by atoms with E-state index < -0.39 is 5.60 Å². The minimum Gasteiger partial charge on any atom is -0.366 e. The fourth-order valence-electron chi connectivity index (χ4n) is 2.94. The minimum absolute atomic E-state index is 0.213. The SMILES string of the molecule is C=C(C)[C@@H]1CC[C@]2(C)CO[C@@]1(C)C2=O. The number of hydrogen-bond donors (Lipinski definition) is 0. The second-order valence-electron chi connectivity index (χ2n) is 5.22. The fraction of sp³-hybridized carbons (Fsp3) is 0.750. The summed E-state index contributed by atoms with van der Waals surface area (Å²) in [6.45, 7) is 10.5. The highest BCUT2D eigenvalue weighted by molar-refractivity contribution is 5.95. The van der Waals surface area contributed by atoms with Crippen LogP contribution in [0.3, 0.4) is 0 Å². The third-order valence-corrected chi connectivity index (χ3v) is 3.93. The van der Waals surface area contributed by atoms with Crippen LogP contribution < -0.4 is 0 Å². The molecular weight excluding hydrogens is 176 g/mol. The topological polar surface area (TPSA) is 26.3 Å². The molecule has 2 heteroatoms. The van der Waals surface area contributed by atoms with Crippen LogP contribution in [0.25, 0.3) is 0 Å². The molecule has 2 rings (SSSR count). The highest BCUT2D eigenvalue weighted by atomic mass is 16.5. The number of carbonyl (C=O) groups excluding carboxylic acids is 1. The number of rotatable bonds is 1. The predicted octanol–water partition coefficient (Wildman–Crippen LogP) is 2.34. The quantitative estimate of drug-likeness (QED) is 0.599. The first-order valence-corrected chi connectivity index (χ1v) is 5.24. The van der Waals surface area contributed by atoms with Crippen molar-refractivity contribution in [1.82, 2.24) is 0 Å². The lowest BCUT2D eigenvalue weighted by atomic mass is 9.64. The highest BCUT2D eigenvalue weighted by Crippen LogP contribution is 2.51. The Bertz CT molecular complexity index is 307. The van der Waals surface area contributed by atoms with Gasteiger partial charge in [-0.05, 0) is 26.7 Å². The molecule has 78 valence electrons. The monoisotopic (exact) mass is 194 g/mol. The third-order valence-electron chi connectivity index (χ3n) is 3.93. The predicted molar refractivity (Wildman–Crippen MR) is 55.0 cm³/mol. The summed E-state index contributed by atoms with van der Waals surface area (Å²) >= 11 is 0. The van der Waals surface area contributed by atoms with Crippen molar-refractivity contribution in [1.29, 1.82) is 0 Å². The maximum absolute atomic E-state index is 12.2. The molecule has 0 aromatic heterocycles. The fourth-order valence-corrected chi connectivity index (χ4v) is 2.94. The van der Waals surface area contributed by atoms with Gasteiger partial charge in [0.1, 0.15) is 5.60 Å². The first kappa shape index (κ1) is 9.91. The summed E-state index contributed by atoms with van der Waals surface area (Å²) < 4.78 is 5.74. The molecular formula is C12H18O2. The number of carbonyl (C=O) groups is 1. The van der Waals surface area contributed by atoms with Gasteiger partial charge in [-0.1, -0.05) is 19.1 Å². The van der Waals surface area contributed by atoms with E-state index in [9.17, 15) is 4.79 Å². The Balaban J connectivity index is 2.39. The standard InChI is InChI=1S/C12H18O2/c1-8(2)9-5-6-11(3)7-14-12(9,4)10(11)13/h9H,1,5-7H2,2-4H3/t9-,11+,12+/m0/s1. The average molecular weight is 194 g/mol. The normalized spacial score (nSPS) is 46.8. The van der Waals surface area contributed by atoms with Crippen LogP contribution in [0.2, 0.25) is 0 Å². The van der Waals surface area contributed by atoms with Gasteiger partial charge in [-0.15, -0.1) is 0 Å². The largest absolute Gasteiger partial charge is 0.366 e. The van der Waals surface area contributed by atoms with Crippen LogP contribution in [0.15, 0.2) is 12.2 Å². The Morgan fingerprint density at radius 2 is 2.21 bits per heavy atom. The molecule has 0 unspecified atom stereocenters. The van der Waals surface area contributed by atoms with Gasteiger partial charge in [0.2, 0.25) is 0 Å². The molecule has 2 nitrogen and oxygen atoms in total. The lowest BCUT2D eigenvalue weighted by molar-refractivity contribution is -0.140. The van der Waals surface area contributed by atoms with Crippen molar-refractivity contribution >= 4 is 5.78 Å². The van der Waals surface area contributed by atoms with E-state index in [-0.39, 0.29) is 17.1 Å². The number of ketones is 1. The summed E-state index contributed by atoms with van der Waals surface area (Å²) in [7, 11) is 0. The zero-order chi connectivity index (χ0) is 10.6. The van der Waals surface area contributed by atoms with Gasteiger partial charge in [-0.25, -0.2) is 0 Å². The lowest BCUT2D eigenvalue weighted by Gasteiger charge is -2.38. The van der Waals surface area contributed by atoms with Crippen molar-refractivity contribution in [3.8, 4) is 0 Å². The molecule has 1 saturated carbocycles. The van der Waals surface area contributed by atoms with Crippen molar-refractivity contribution in [3.63, 3.8) is 0 Å². The van der Waals surface area contributed by atoms with Gasteiger partial charge < -0.3 is 4.74 Å². The second-order valence-corrected chi connectivity index (χ2v) is 5.22. The molecule has 2 bridgehead atoms. The van der Waals surface area contributed by atoms with Crippen molar-refractivity contribution in [2.24, 2.45) is 11.3 Å². The number of ether oxygens (including phenoxy) is 1. The number of hydrogen-bond acceptors (Lipinski definition) is 2. The van der Waals surface area contributed by atoms with E-state index in [0.29, 0.717) is 6.61 Å². The Kier molecular flexibility index (Phi) is 1.91. The van der Waals surface area contributed by atoms with E-state index in [1.165, 1.54) is 0 Å². The molecule has 14 heavy (non-hydrogen) atoms. The smallest absolute Gasteiger partial charge is 0.173 e. The Morgan fingerprint density at radius 1 is 1.57 bits per heavy atom. The lowest BCUT2D eigenvalue weighted by Crippen LogP contribution is -2.48. The van der Waals surface area contributed by atoms with Crippen molar-refractivity contribution in [3.05, 3.63) is 12.2 Å². The molecule has 0 aromatic rings. The molecule has 0 radical (unpaired) electrons. The van der Waals surface area contributed by atoms with Crippen molar-refractivity contribution in [2.45, 2.75) is 39.2 Å². The van der Waals surface area contributed by atoms with E-state index in [1.807, 2.05) is 20.8 Å². The number of fused-ring (bicyclic) bond motifs is 2. The van der Waals surface area contributed by atoms with Crippen LogP contribution in [0.1, 0.15) is 33.6 Å². The van der Waals surface area contributed by atoms with Gasteiger partial charge in [0, 0.05) is 5.92 Å². The van der Waals surface area contributed by atoms with Crippen LogP contribution in [-0.4, -0.2) is 18.0 Å². The highest BCUT2D eigenvalue weighted by Gasteiger charge is 2.59. The van der Waals surface area contributed by atoms with E-state index in [4.69, 9.17) is 4.74 Å². The zero-order valence-corrected chi connectivity index (χ0v) is 9.22. The molecule has 2 aliphatic rings. The van der Waals surface area contributed by atoms with Crippen LogP contribution >= 0.6 is 0 Å².